The molecule has 3 aromatic carbocycles. The van der Waals surface area contributed by atoms with Gasteiger partial charge < -0.3 is 20.1 Å². The molecule has 9 heteroatoms. The summed E-state index contributed by atoms with van der Waals surface area (Å²) in [4.78, 5) is 29.4. The lowest BCUT2D eigenvalue weighted by atomic mass is 10.0. The van der Waals surface area contributed by atoms with Crippen molar-refractivity contribution < 1.29 is 19.0 Å². The number of amides is 1. The molecule has 0 unspecified atom stereocenters. The maximum atomic E-state index is 13.4. The Morgan fingerprint density at radius 1 is 1.14 bits per heavy atom. The van der Waals surface area contributed by atoms with Gasteiger partial charge in [0, 0.05) is 24.8 Å². The van der Waals surface area contributed by atoms with Crippen LogP contribution in [0.3, 0.4) is 0 Å². The number of H-pyrrole nitrogens is 1. The fourth-order valence-electron chi connectivity index (χ4n) is 4.48. The average Bonchev–Trinajstić information content (AvgIpc) is 3.28. The third-order valence-corrected chi connectivity index (χ3v) is 6.28. The molecule has 37 heavy (non-hydrogen) atoms. The van der Waals surface area contributed by atoms with Gasteiger partial charge in [0.1, 0.15) is 11.3 Å². The fraction of sp³-hybridized carbons (Fsp3) is 0.179. The minimum absolute atomic E-state index is 0.00807. The van der Waals surface area contributed by atoms with Crippen LogP contribution >= 0.6 is 0 Å². The Bertz CT molecular complexity index is 1640. The summed E-state index contributed by atoms with van der Waals surface area (Å²) in [7, 11) is 1.47. The number of carbonyl (C=O) groups excluding carboxylic acids is 1. The van der Waals surface area contributed by atoms with Gasteiger partial charge in [0.2, 0.25) is 0 Å². The largest absolute Gasteiger partial charge is 0.396 e. The number of methoxy groups -OCH3 is 1. The molecule has 0 spiro atoms. The highest BCUT2D eigenvalue weighted by Gasteiger charge is 2.24. The van der Waals surface area contributed by atoms with Crippen molar-refractivity contribution in [3.05, 3.63) is 106 Å². The third kappa shape index (κ3) is 4.87. The minimum Gasteiger partial charge on any atom is -0.396 e. The van der Waals surface area contributed by atoms with Crippen LogP contribution in [0.1, 0.15) is 34.1 Å². The number of nitrogens with one attached hydrogen (secondary N) is 2. The summed E-state index contributed by atoms with van der Waals surface area (Å²) in [5.74, 6) is -0.938. The SMILES string of the molecule is COCc1c(C(=O)N[C@H](CCO)c2ccc(F)cc2)nn2cc(-c3ccc4ccccc4c3)[nH]c(=O)c12. The molecule has 0 aliphatic heterocycles. The molecule has 5 rings (SSSR count). The van der Waals surface area contributed by atoms with Crippen LogP contribution in [0.4, 0.5) is 4.39 Å². The molecule has 188 valence electrons. The molecule has 3 N–H and O–H groups in total. The van der Waals surface area contributed by atoms with Gasteiger partial charge in [-0.25, -0.2) is 8.91 Å². The average molecular weight is 501 g/mol. The van der Waals surface area contributed by atoms with Crippen LogP contribution in [0.15, 0.2) is 77.7 Å². The third-order valence-electron chi connectivity index (χ3n) is 6.28. The van der Waals surface area contributed by atoms with Gasteiger partial charge in [0.25, 0.3) is 11.5 Å². The Morgan fingerprint density at radius 3 is 2.62 bits per heavy atom. The molecule has 0 aliphatic carbocycles. The van der Waals surface area contributed by atoms with Crippen molar-refractivity contribution in [2.24, 2.45) is 0 Å². The molecule has 0 aliphatic rings. The van der Waals surface area contributed by atoms with Gasteiger partial charge in [-0.2, -0.15) is 5.10 Å². The summed E-state index contributed by atoms with van der Waals surface area (Å²) in [5.41, 5.74) is 2.16. The number of fused-ring (bicyclic) bond motifs is 2. The Labute approximate surface area is 211 Å². The van der Waals surface area contributed by atoms with Gasteiger partial charge in [0.05, 0.1) is 24.5 Å². The molecule has 8 nitrogen and oxygen atoms in total. The van der Waals surface area contributed by atoms with Crippen molar-refractivity contribution in [2.75, 3.05) is 13.7 Å². The molecule has 0 saturated carbocycles. The van der Waals surface area contributed by atoms with Crippen LogP contribution in [0.2, 0.25) is 0 Å². The molecule has 2 aromatic heterocycles. The van der Waals surface area contributed by atoms with Crippen molar-refractivity contribution in [1.29, 1.82) is 0 Å². The Hall–Kier alpha value is -4.34. The summed E-state index contributed by atoms with van der Waals surface area (Å²) in [6.07, 6.45) is 1.89. The van der Waals surface area contributed by atoms with Gasteiger partial charge in [-0.1, -0.05) is 48.5 Å². The number of aromatic nitrogens is 3. The van der Waals surface area contributed by atoms with E-state index in [0.29, 0.717) is 16.8 Å². The number of hydrogen-bond acceptors (Lipinski definition) is 5. The van der Waals surface area contributed by atoms with Crippen LogP contribution < -0.4 is 10.9 Å². The van der Waals surface area contributed by atoms with Gasteiger partial charge in [-0.15, -0.1) is 0 Å². The Balaban J connectivity index is 1.55. The van der Waals surface area contributed by atoms with Gasteiger partial charge >= 0.3 is 0 Å². The predicted molar refractivity (Wildman–Crippen MR) is 138 cm³/mol. The molecule has 0 saturated heterocycles. The van der Waals surface area contributed by atoms with Crippen LogP contribution in [-0.4, -0.2) is 39.3 Å². The number of rotatable bonds is 8. The number of halogens is 1. The van der Waals surface area contributed by atoms with Gasteiger partial charge in [-0.05, 0) is 41.0 Å². The topological polar surface area (TPSA) is 109 Å². The number of aliphatic hydroxyl groups is 1. The lowest BCUT2D eigenvalue weighted by Crippen LogP contribution is -2.30. The number of benzene rings is 3. The first-order valence-corrected chi connectivity index (χ1v) is 11.8. The lowest BCUT2D eigenvalue weighted by molar-refractivity contribution is 0.0920. The predicted octanol–water partition coefficient (Wildman–Crippen LogP) is 3.98. The Kier molecular flexibility index (Phi) is 6.80. The molecule has 5 aromatic rings. The zero-order chi connectivity index (χ0) is 25.9. The van der Waals surface area contributed by atoms with E-state index in [1.54, 1.807) is 18.3 Å². The number of hydrogen-bond donors (Lipinski definition) is 3. The first-order chi connectivity index (χ1) is 18.0. The van der Waals surface area contributed by atoms with Gasteiger partial charge in [-0.3, -0.25) is 9.59 Å². The summed E-state index contributed by atoms with van der Waals surface area (Å²) in [5, 5.41) is 18.9. The molecule has 0 fully saturated rings. The Morgan fingerprint density at radius 2 is 1.89 bits per heavy atom. The van der Waals surface area contributed by atoms with Crippen LogP contribution in [0, 0.1) is 5.82 Å². The molecule has 1 amide bonds. The van der Waals surface area contributed by atoms with Crippen molar-refractivity contribution in [3.8, 4) is 11.3 Å². The molecular formula is C28H25FN4O4. The normalized spacial score (nSPS) is 12.2. The lowest BCUT2D eigenvalue weighted by Gasteiger charge is -2.18. The number of ether oxygens (including phenoxy) is 1. The summed E-state index contributed by atoms with van der Waals surface area (Å²) < 4.78 is 20.1. The fourth-order valence-corrected chi connectivity index (χ4v) is 4.48. The molecule has 0 radical (unpaired) electrons. The van der Waals surface area contributed by atoms with Crippen LogP contribution in [0.5, 0.6) is 0 Å². The molecule has 0 bridgehead atoms. The quantitative estimate of drug-likeness (QED) is 0.299. The van der Waals surface area contributed by atoms with Crippen molar-refractivity contribution in [2.45, 2.75) is 19.1 Å². The first kappa shape index (κ1) is 24.4. The first-order valence-electron chi connectivity index (χ1n) is 11.8. The second-order valence-electron chi connectivity index (χ2n) is 8.70. The number of carbonyl (C=O) groups is 1. The number of nitrogens with zero attached hydrogens (tertiary/aromatic N) is 2. The van der Waals surface area contributed by atoms with Crippen molar-refractivity contribution in [1.82, 2.24) is 19.9 Å². The second-order valence-corrected chi connectivity index (χ2v) is 8.70. The molecule has 1 atom stereocenters. The molecule has 2 heterocycles. The van der Waals surface area contributed by atoms with E-state index in [1.165, 1.54) is 23.8 Å². The highest BCUT2D eigenvalue weighted by molar-refractivity contribution is 5.96. The van der Waals surface area contributed by atoms with E-state index in [2.05, 4.69) is 15.4 Å². The van der Waals surface area contributed by atoms with Crippen LogP contribution in [-0.2, 0) is 11.3 Å². The van der Waals surface area contributed by atoms with E-state index in [0.717, 1.165) is 16.3 Å². The highest BCUT2D eigenvalue weighted by atomic mass is 19.1. The summed E-state index contributed by atoms with van der Waals surface area (Å²) >= 11 is 0. The second kappa shape index (κ2) is 10.3. The highest BCUT2D eigenvalue weighted by Crippen LogP contribution is 2.24. The van der Waals surface area contributed by atoms with Gasteiger partial charge in [0.15, 0.2) is 5.69 Å². The van der Waals surface area contributed by atoms with E-state index in [4.69, 9.17) is 4.74 Å². The van der Waals surface area contributed by atoms with E-state index >= 15 is 0 Å². The number of aliphatic hydroxyl groups excluding tert-OH is 1. The zero-order valence-corrected chi connectivity index (χ0v) is 20.1. The van der Waals surface area contributed by atoms with Crippen molar-refractivity contribution in [3.63, 3.8) is 0 Å². The monoisotopic (exact) mass is 500 g/mol. The van der Waals surface area contributed by atoms with E-state index < -0.39 is 23.3 Å². The number of aromatic amines is 1. The van der Waals surface area contributed by atoms with E-state index in [1.807, 2.05) is 42.5 Å². The maximum Gasteiger partial charge on any atom is 0.274 e. The molecular weight excluding hydrogens is 475 g/mol. The zero-order valence-electron chi connectivity index (χ0n) is 20.1. The smallest absolute Gasteiger partial charge is 0.274 e. The minimum atomic E-state index is -0.579. The summed E-state index contributed by atoms with van der Waals surface area (Å²) in [6, 6.07) is 18.9. The van der Waals surface area contributed by atoms with E-state index in [-0.39, 0.29) is 30.8 Å². The standard InChI is InChI=1S/C28H25FN4O4/c1-37-16-22-25(27(35)30-23(12-13-34)18-8-10-21(29)11-9-18)32-33-15-24(31-28(36)26(22)33)20-7-6-17-4-2-3-5-19(17)14-20/h2-11,14-15,23,34H,12-13,16H2,1H3,(H,30,35)(H,31,36)/t23-/m1/s1. The summed E-state index contributed by atoms with van der Waals surface area (Å²) in [6.45, 7) is -0.195. The maximum absolute atomic E-state index is 13.4. The van der Waals surface area contributed by atoms with Crippen molar-refractivity contribution >= 4 is 22.2 Å². The van der Waals surface area contributed by atoms with Crippen LogP contribution in [0.25, 0.3) is 27.5 Å². The van der Waals surface area contributed by atoms with E-state index in [9.17, 15) is 19.1 Å².